The molecular formula is C39H40O21. The van der Waals surface area contributed by atoms with Gasteiger partial charge in [-0.05, 0) is 35.9 Å². The molecule has 0 aliphatic carbocycles. The van der Waals surface area contributed by atoms with Crippen LogP contribution in [-0.4, -0.2) is 147 Å². The van der Waals surface area contributed by atoms with Gasteiger partial charge in [0.2, 0.25) is 12.0 Å². The Labute approximate surface area is 337 Å². The number of aromatic hydroxyl groups is 3. The van der Waals surface area contributed by atoms with Gasteiger partial charge in [-0.15, -0.1) is 0 Å². The number of aliphatic hydroxyl groups excluding tert-OH is 5. The zero-order chi connectivity index (χ0) is 43.6. The molecule has 0 spiro atoms. The quantitative estimate of drug-likeness (QED) is 0.0630. The molecule has 9 N–H and O–H groups in total. The van der Waals surface area contributed by atoms with Crippen molar-refractivity contribution in [3.63, 3.8) is 0 Å². The minimum absolute atomic E-state index is 0.0195. The molecule has 21 nitrogen and oxygen atoms in total. The Hall–Kier alpha value is -6.17. The summed E-state index contributed by atoms with van der Waals surface area (Å²) in [5.41, 5.74) is -0.401. The van der Waals surface area contributed by atoms with E-state index in [2.05, 4.69) is 0 Å². The van der Waals surface area contributed by atoms with Crippen LogP contribution in [0.3, 0.4) is 0 Å². The Morgan fingerprint density at radius 1 is 0.767 bits per heavy atom. The third-order valence-corrected chi connectivity index (χ3v) is 9.57. The molecule has 2 aliphatic rings. The van der Waals surface area contributed by atoms with Gasteiger partial charge in [0.15, 0.2) is 53.0 Å². The average molecular weight is 845 g/mol. The summed E-state index contributed by atoms with van der Waals surface area (Å²) in [6, 6.07) is 9.98. The van der Waals surface area contributed by atoms with Crippen LogP contribution in [-0.2, 0) is 28.5 Å². The first-order valence-corrected chi connectivity index (χ1v) is 17.8. The molecule has 21 heteroatoms. The maximum atomic E-state index is 13.2. The molecule has 6 rings (SSSR count). The number of carboxylic acids is 1. The van der Waals surface area contributed by atoms with E-state index in [-0.39, 0.29) is 56.8 Å². The highest BCUT2D eigenvalue weighted by atomic mass is 16.8. The predicted octanol–water partition coefficient (Wildman–Crippen LogP) is -0.0379. The molecule has 2 aliphatic heterocycles. The van der Waals surface area contributed by atoms with Crippen molar-refractivity contribution in [3.8, 4) is 51.6 Å². The van der Waals surface area contributed by atoms with Crippen molar-refractivity contribution in [1.82, 2.24) is 0 Å². The van der Waals surface area contributed by atoms with Crippen LogP contribution >= 0.6 is 0 Å². The molecule has 10 unspecified atom stereocenters. The summed E-state index contributed by atoms with van der Waals surface area (Å²) in [5.74, 6) is -4.45. The molecule has 1 aromatic heterocycles. The third-order valence-electron chi connectivity index (χ3n) is 9.57. The van der Waals surface area contributed by atoms with Gasteiger partial charge in [0.1, 0.15) is 58.7 Å². The Morgan fingerprint density at radius 2 is 1.43 bits per heavy atom. The first kappa shape index (κ1) is 43.4. The fourth-order valence-corrected chi connectivity index (χ4v) is 6.49. The number of hydrogen-bond donors (Lipinski definition) is 9. The zero-order valence-corrected chi connectivity index (χ0v) is 31.7. The molecule has 2 fully saturated rings. The number of carbonyl (C=O) groups excluding carboxylic acids is 1. The monoisotopic (exact) mass is 844 g/mol. The van der Waals surface area contributed by atoms with Gasteiger partial charge in [-0.3, -0.25) is 4.79 Å². The van der Waals surface area contributed by atoms with Crippen molar-refractivity contribution in [1.29, 1.82) is 0 Å². The molecule has 0 bridgehead atoms. The molecule has 3 heterocycles. The molecular weight excluding hydrogens is 804 g/mol. The lowest BCUT2D eigenvalue weighted by Gasteiger charge is -2.46. The van der Waals surface area contributed by atoms with Crippen LogP contribution in [0.25, 0.3) is 28.4 Å². The smallest absolute Gasteiger partial charge is 0.335 e. The van der Waals surface area contributed by atoms with Crippen molar-refractivity contribution >= 4 is 29.0 Å². The van der Waals surface area contributed by atoms with Gasteiger partial charge >= 0.3 is 11.9 Å². The Morgan fingerprint density at radius 3 is 2.07 bits per heavy atom. The fraction of sp³-hybridized carbons (Fsp3) is 0.359. The Bertz CT molecular complexity index is 2280. The second kappa shape index (κ2) is 18.0. The highest BCUT2D eigenvalue weighted by molar-refractivity contribution is 5.88. The summed E-state index contributed by atoms with van der Waals surface area (Å²) in [6.45, 7) is -0.878. The predicted molar refractivity (Wildman–Crippen MR) is 199 cm³/mol. The number of ether oxygens (including phenoxy) is 8. The molecule has 3 aromatic carbocycles. The Kier molecular flexibility index (Phi) is 13.0. The van der Waals surface area contributed by atoms with Crippen molar-refractivity contribution in [2.75, 3.05) is 27.9 Å². The molecule has 10 atom stereocenters. The lowest BCUT2D eigenvalue weighted by molar-refractivity contribution is -0.354. The number of fused-ring (bicyclic) bond motifs is 1. The number of esters is 1. The van der Waals surface area contributed by atoms with Crippen LogP contribution in [0.15, 0.2) is 63.8 Å². The van der Waals surface area contributed by atoms with Crippen LogP contribution in [0.1, 0.15) is 5.56 Å². The average Bonchev–Trinajstić information content (AvgIpc) is 3.22. The Balaban J connectivity index is 1.33. The van der Waals surface area contributed by atoms with E-state index in [1.165, 1.54) is 57.7 Å². The van der Waals surface area contributed by atoms with Gasteiger partial charge in [0, 0.05) is 29.8 Å². The summed E-state index contributed by atoms with van der Waals surface area (Å²) >= 11 is 0. The van der Waals surface area contributed by atoms with Crippen molar-refractivity contribution in [2.24, 2.45) is 0 Å². The topological polar surface area (TPSA) is 320 Å². The molecule has 0 saturated carbocycles. The number of aliphatic hydroxyl groups is 5. The zero-order valence-electron chi connectivity index (χ0n) is 31.7. The fourth-order valence-electron chi connectivity index (χ4n) is 6.49. The largest absolute Gasteiger partial charge is 0.507 e. The van der Waals surface area contributed by atoms with E-state index in [9.17, 15) is 60.3 Å². The molecule has 2 saturated heterocycles. The van der Waals surface area contributed by atoms with Gasteiger partial charge in [-0.25, -0.2) is 9.59 Å². The van der Waals surface area contributed by atoms with Crippen LogP contribution in [0.5, 0.6) is 40.2 Å². The standard InChI is InChI=1S/C39H40O21/c1-52-22-8-15(4-6-18(22)41)5-7-27(44)58-35-33(49)32(48)34(37(50)51)59-39(35)60-36-31(47)30(46)26(14-40)57-38(36)55-17-11-19(42)28-20(43)13-21(56-23(28)12-17)16-9-24(53-2)29(45)25(10-16)54-3/h4-13,26,30-36,38-42,45-49H,14H2,1-3H3,(H,50,51). The van der Waals surface area contributed by atoms with Gasteiger partial charge in [-0.1, -0.05) is 6.07 Å². The van der Waals surface area contributed by atoms with Crippen LogP contribution in [0.4, 0.5) is 0 Å². The van der Waals surface area contributed by atoms with E-state index in [0.29, 0.717) is 5.56 Å². The van der Waals surface area contributed by atoms with E-state index in [1.54, 1.807) is 0 Å². The summed E-state index contributed by atoms with van der Waals surface area (Å²) < 4.78 is 49.6. The molecule has 4 aromatic rings. The number of methoxy groups -OCH3 is 3. The number of rotatable bonds is 13. The van der Waals surface area contributed by atoms with Gasteiger partial charge in [0.25, 0.3) is 0 Å². The number of hydrogen-bond acceptors (Lipinski definition) is 20. The van der Waals surface area contributed by atoms with Gasteiger partial charge in [-0.2, -0.15) is 0 Å². The maximum Gasteiger partial charge on any atom is 0.335 e. The number of phenols is 3. The summed E-state index contributed by atoms with van der Waals surface area (Å²) in [5, 5.41) is 94.2. The van der Waals surface area contributed by atoms with Crippen LogP contribution < -0.4 is 24.4 Å². The van der Waals surface area contributed by atoms with E-state index in [1.807, 2.05) is 0 Å². The lowest BCUT2D eigenvalue weighted by atomic mass is 9.97. The number of aliphatic carboxylic acids is 1. The number of benzene rings is 3. The highest BCUT2D eigenvalue weighted by Gasteiger charge is 2.54. The molecule has 322 valence electrons. The number of phenolic OH excluding ortho intramolecular Hbond substituents is 3. The number of carbonyl (C=O) groups is 2. The summed E-state index contributed by atoms with van der Waals surface area (Å²) in [7, 11) is 3.89. The van der Waals surface area contributed by atoms with E-state index in [0.717, 1.165) is 24.3 Å². The summed E-state index contributed by atoms with van der Waals surface area (Å²) in [6.07, 6.45) is -17.9. The lowest BCUT2D eigenvalue weighted by Crippen LogP contribution is -2.66. The minimum Gasteiger partial charge on any atom is -0.507 e. The third kappa shape index (κ3) is 8.73. The first-order chi connectivity index (χ1) is 28.6. The van der Waals surface area contributed by atoms with Crippen molar-refractivity contribution in [2.45, 2.75) is 61.4 Å². The van der Waals surface area contributed by atoms with Gasteiger partial charge in [0.05, 0.1) is 27.9 Å². The molecule has 0 amide bonds. The highest BCUT2D eigenvalue weighted by Crippen LogP contribution is 2.41. The van der Waals surface area contributed by atoms with E-state index >= 15 is 0 Å². The van der Waals surface area contributed by atoms with Gasteiger partial charge < -0.3 is 88.3 Å². The first-order valence-electron chi connectivity index (χ1n) is 17.8. The van der Waals surface area contributed by atoms with Crippen LogP contribution in [0.2, 0.25) is 0 Å². The van der Waals surface area contributed by atoms with Crippen molar-refractivity contribution < 1.29 is 97.9 Å². The maximum absolute atomic E-state index is 13.2. The van der Waals surface area contributed by atoms with Crippen LogP contribution in [0, 0.1) is 0 Å². The molecule has 0 radical (unpaired) electrons. The second-order valence-electron chi connectivity index (χ2n) is 13.4. The normalized spacial score (nSPS) is 26.7. The number of carboxylic acid groups (broad SMARTS) is 1. The second-order valence-corrected chi connectivity index (χ2v) is 13.4. The summed E-state index contributed by atoms with van der Waals surface area (Å²) in [4.78, 5) is 38.3. The SMILES string of the molecule is COc1cc(C=CC(=O)OC2C(OC3C(Oc4cc(O)c5c(=O)cc(-c6cc(OC)c(O)c(OC)c6)oc5c4)OC(CO)C(O)C3O)OC(C(=O)O)C(O)C2O)ccc1O. The van der Waals surface area contributed by atoms with Crippen molar-refractivity contribution in [3.05, 3.63) is 70.4 Å². The molecule has 60 heavy (non-hydrogen) atoms. The minimum atomic E-state index is -2.19. The van der Waals surface area contributed by atoms with E-state index < -0.39 is 91.1 Å². The van der Waals surface area contributed by atoms with E-state index in [4.69, 9.17) is 42.3 Å².